The van der Waals surface area contributed by atoms with Gasteiger partial charge in [-0.05, 0) is 44.8 Å². The number of benzene rings is 2. The van der Waals surface area contributed by atoms with Crippen LogP contribution in [0.15, 0.2) is 72.1 Å². The highest BCUT2D eigenvalue weighted by Gasteiger charge is 2.24. The van der Waals surface area contributed by atoms with Gasteiger partial charge >= 0.3 is 0 Å². The Morgan fingerprint density at radius 2 is 1.21 bits per heavy atom. The van der Waals surface area contributed by atoms with Gasteiger partial charge in [-0.2, -0.15) is 0 Å². The Bertz CT molecular complexity index is 997. The fourth-order valence-corrected chi connectivity index (χ4v) is 6.75. The maximum absolute atomic E-state index is 14.1. The minimum Gasteiger partial charge on any atom is -0.309 e. The van der Waals surface area contributed by atoms with E-state index in [1.165, 1.54) is 5.57 Å². The largest absolute Gasteiger partial charge is 0.309 e. The normalized spacial score (nSPS) is 11.8. The van der Waals surface area contributed by atoms with Crippen molar-refractivity contribution >= 4 is 25.8 Å². The summed E-state index contributed by atoms with van der Waals surface area (Å²) in [5.74, 6) is 12.0. The maximum atomic E-state index is 14.1. The van der Waals surface area contributed by atoms with Crippen LogP contribution in [-0.4, -0.2) is 8.07 Å². The molecule has 0 saturated heterocycles. The summed E-state index contributed by atoms with van der Waals surface area (Å²) in [6.07, 6.45) is 8.34. The van der Waals surface area contributed by atoms with Gasteiger partial charge in [-0.3, -0.25) is 0 Å². The van der Waals surface area contributed by atoms with Crippen LogP contribution in [0.2, 0.25) is 19.6 Å². The summed E-state index contributed by atoms with van der Waals surface area (Å²) in [6, 6.07) is 19.7. The van der Waals surface area contributed by atoms with Gasteiger partial charge in [0.05, 0.1) is 0 Å². The van der Waals surface area contributed by atoms with E-state index in [-0.39, 0.29) is 0 Å². The van der Waals surface area contributed by atoms with Crippen LogP contribution in [0.5, 0.6) is 0 Å². The van der Waals surface area contributed by atoms with Crippen molar-refractivity contribution in [3.63, 3.8) is 0 Å². The first kappa shape index (κ1) is 27.0. The van der Waals surface area contributed by atoms with Crippen LogP contribution in [0.3, 0.4) is 0 Å². The van der Waals surface area contributed by atoms with Crippen LogP contribution in [0.1, 0.15) is 58.3 Å². The van der Waals surface area contributed by atoms with E-state index < -0.39 is 15.2 Å². The molecule has 0 atom stereocenters. The van der Waals surface area contributed by atoms with Crippen LogP contribution < -0.4 is 10.6 Å². The molecule has 0 heterocycles. The molecule has 0 amide bonds. The van der Waals surface area contributed by atoms with Crippen LogP contribution >= 0.6 is 7.14 Å². The van der Waals surface area contributed by atoms with E-state index in [0.29, 0.717) is 0 Å². The highest BCUT2D eigenvalue weighted by Crippen LogP contribution is 2.46. The molecule has 2 rings (SSSR count). The molecule has 0 radical (unpaired) electrons. The van der Waals surface area contributed by atoms with Crippen molar-refractivity contribution in [3.05, 3.63) is 72.1 Å². The molecular weight excluding hydrogens is 435 g/mol. The lowest BCUT2D eigenvalue weighted by Crippen LogP contribution is -2.16. The van der Waals surface area contributed by atoms with Crippen molar-refractivity contribution < 1.29 is 4.57 Å². The van der Waals surface area contributed by atoms with Gasteiger partial charge in [0.25, 0.3) is 0 Å². The average molecular weight is 475 g/mol. The van der Waals surface area contributed by atoms with Crippen LogP contribution in [0.25, 0.3) is 0 Å². The SMILES string of the molecule is C/C(=C\P(=O)(c1ccccc1)c1ccccc1)CCCCC#CCCCCC#C[Si](C)(C)C. The first-order chi connectivity index (χ1) is 15.8. The third-order valence-corrected chi connectivity index (χ3v) is 9.11. The molecule has 174 valence electrons. The molecule has 0 aliphatic heterocycles. The first-order valence-electron chi connectivity index (χ1n) is 12.2. The number of unbranched alkanes of at least 4 members (excludes halogenated alkanes) is 5. The molecule has 2 aromatic carbocycles. The predicted molar refractivity (Wildman–Crippen MR) is 149 cm³/mol. The lowest BCUT2D eigenvalue weighted by Gasteiger charge is -2.17. The third kappa shape index (κ3) is 10.5. The minimum absolute atomic E-state index is 0.896. The number of hydrogen-bond donors (Lipinski definition) is 0. The number of rotatable bonds is 10. The maximum Gasteiger partial charge on any atom is 0.164 e. The fourth-order valence-electron chi connectivity index (χ4n) is 3.52. The second kappa shape index (κ2) is 14.1. The molecule has 0 aliphatic rings. The molecule has 0 saturated carbocycles. The summed E-state index contributed by atoms with van der Waals surface area (Å²) in [4.78, 5) is 0. The third-order valence-electron chi connectivity index (χ3n) is 5.25. The number of allylic oxidation sites excluding steroid dienone is 1. The van der Waals surface area contributed by atoms with Gasteiger partial charge in [-0.25, -0.2) is 0 Å². The van der Waals surface area contributed by atoms with E-state index in [4.69, 9.17) is 0 Å². The van der Waals surface area contributed by atoms with Gasteiger partial charge < -0.3 is 4.57 Å². The van der Waals surface area contributed by atoms with Crippen molar-refractivity contribution in [2.75, 3.05) is 0 Å². The van der Waals surface area contributed by atoms with E-state index in [9.17, 15) is 4.57 Å². The molecular formula is C30H39OPSi. The Balaban J connectivity index is 1.79. The number of hydrogen-bond acceptors (Lipinski definition) is 1. The first-order valence-corrected chi connectivity index (χ1v) is 17.4. The highest BCUT2D eigenvalue weighted by molar-refractivity contribution is 7.81. The Labute approximate surface area is 203 Å². The Morgan fingerprint density at radius 3 is 1.70 bits per heavy atom. The van der Waals surface area contributed by atoms with Gasteiger partial charge in [-0.15, -0.1) is 23.3 Å². The Morgan fingerprint density at radius 1 is 0.758 bits per heavy atom. The Kier molecular flexibility index (Phi) is 11.5. The van der Waals surface area contributed by atoms with Crippen LogP contribution in [0.4, 0.5) is 0 Å². The lowest BCUT2D eigenvalue weighted by molar-refractivity contribution is 0.592. The molecule has 0 spiro atoms. The second-order valence-corrected chi connectivity index (χ2v) is 17.0. The Hall–Kier alpha value is -2.25. The van der Waals surface area contributed by atoms with Crippen LogP contribution in [0, 0.1) is 23.3 Å². The fraction of sp³-hybridized carbons (Fsp3) is 0.400. The quantitative estimate of drug-likeness (QED) is 0.148. The molecule has 33 heavy (non-hydrogen) atoms. The van der Waals surface area contributed by atoms with Crippen molar-refractivity contribution in [2.45, 2.75) is 77.9 Å². The topological polar surface area (TPSA) is 17.1 Å². The molecule has 3 heteroatoms. The minimum atomic E-state index is -2.77. The summed E-state index contributed by atoms with van der Waals surface area (Å²) in [7, 11) is -3.99. The van der Waals surface area contributed by atoms with Gasteiger partial charge in [0.2, 0.25) is 0 Å². The zero-order valence-electron chi connectivity index (χ0n) is 20.9. The molecule has 0 aliphatic carbocycles. The van der Waals surface area contributed by atoms with E-state index in [1.807, 2.05) is 66.5 Å². The standard InChI is InChI=1S/C30H39OPSi/c1-28(21-15-11-9-7-5-6-8-10-12-20-26-33(2,3)4)27-32(31,29-22-16-13-17-23-29)30-24-18-14-19-25-30/h13-14,16-19,22-25,27H,6,8-12,15,21H2,1-4H3/b28-27+. The summed E-state index contributed by atoms with van der Waals surface area (Å²) < 4.78 is 14.1. The van der Waals surface area contributed by atoms with Crippen molar-refractivity contribution in [2.24, 2.45) is 0 Å². The molecule has 1 nitrogen and oxygen atoms in total. The molecule has 0 N–H and O–H groups in total. The molecule has 0 bridgehead atoms. The van der Waals surface area contributed by atoms with E-state index in [1.54, 1.807) is 0 Å². The van der Waals surface area contributed by atoms with Gasteiger partial charge in [0.15, 0.2) is 7.14 Å². The zero-order chi connectivity index (χ0) is 24.0. The summed E-state index contributed by atoms with van der Waals surface area (Å²) in [5.41, 5.74) is 4.61. The van der Waals surface area contributed by atoms with Crippen molar-refractivity contribution in [3.8, 4) is 23.3 Å². The zero-order valence-corrected chi connectivity index (χ0v) is 22.8. The summed E-state index contributed by atoms with van der Waals surface area (Å²) >= 11 is 0. The highest BCUT2D eigenvalue weighted by atomic mass is 31.2. The second-order valence-electron chi connectivity index (χ2n) is 9.62. The monoisotopic (exact) mass is 474 g/mol. The van der Waals surface area contributed by atoms with Gasteiger partial charge in [0.1, 0.15) is 8.07 Å². The smallest absolute Gasteiger partial charge is 0.164 e. The van der Waals surface area contributed by atoms with Crippen molar-refractivity contribution in [1.82, 2.24) is 0 Å². The molecule has 0 fully saturated rings. The van der Waals surface area contributed by atoms with E-state index >= 15 is 0 Å². The van der Waals surface area contributed by atoms with Crippen LogP contribution in [-0.2, 0) is 4.57 Å². The lowest BCUT2D eigenvalue weighted by atomic mass is 10.1. The van der Waals surface area contributed by atoms with Crippen molar-refractivity contribution in [1.29, 1.82) is 0 Å². The summed E-state index contributed by atoms with van der Waals surface area (Å²) in [6.45, 7) is 8.96. The van der Waals surface area contributed by atoms with Gasteiger partial charge in [0, 0.05) is 29.9 Å². The molecule has 0 aromatic heterocycles. The molecule has 2 aromatic rings. The predicted octanol–water partition coefficient (Wildman–Crippen LogP) is 7.91. The van der Waals surface area contributed by atoms with Gasteiger partial charge in [-0.1, -0.05) is 85.9 Å². The van der Waals surface area contributed by atoms with E-state index in [2.05, 4.69) is 49.9 Å². The summed E-state index contributed by atoms with van der Waals surface area (Å²) in [5, 5.41) is 1.79. The average Bonchev–Trinajstić information content (AvgIpc) is 2.80. The van der Waals surface area contributed by atoms with E-state index in [0.717, 1.165) is 62.0 Å². The molecule has 0 unspecified atom stereocenters.